The highest BCUT2D eigenvalue weighted by Crippen LogP contribution is 2.40. The number of benzene rings is 10. The lowest BCUT2D eigenvalue weighted by Crippen LogP contribution is -2.10. The highest BCUT2D eigenvalue weighted by Gasteiger charge is 2.16. The smallest absolute Gasteiger partial charge is 0.153 e. The van der Waals surface area contributed by atoms with E-state index >= 15 is 0 Å². The van der Waals surface area contributed by atoms with Crippen molar-refractivity contribution in [2.45, 2.75) is 0 Å². The van der Waals surface area contributed by atoms with Crippen molar-refractivity contribution in [1.82, 2.24) is 4.98 Å². The highest BCUT2D eigenvalue weighted by atomic mass is 16.3. The van der Waals surface area contributed by atoms with Gasteiger partial charge in [0.15, 0.2) is 5.58 Å². The van der Waals surface area contributed by atoms with Crippen LogP contribution in [-0.4, -0.2) is 4.98 Å². The van der Waals surface area contributed by atoms with Crippen LogP contribution in [0.5, 0.6) is 0 Å². The Morgan fingerprint density at radius 2 is 0.717 bits per heavy atom. The summed E-state index contributed by atoms with van der Waals surface area (Å²) in [6.07, 6.45) is 1.82. The number of aromatic nitrogens is 1. The molecule has 3 nitrogen and oxygen atoms in total. The lowest BCUT2D eigenvalue weighted by atomic mass is 9.97. The Morgan fingerprint density at radius 1 is 0.300 bits per heavy atom. The van der Waals surface area contributed by atoms with Crippen LogP contribution < -0.4 is 4.90 Å². The molecule has 0 fully saturated rings. The number of anilines is 3. The van der Waals surface area contributed by atoms with Crippen LogP contribution >= 0.6 is 0 Å². The average Bonchev–Trinajstić information content (AvgIpc) is 3.69. The molecule has 0 spiro atoms. The lowest BCUT2D eigenvalue weighted by molar-refractivity contribution is 0.668. The minimum absolute atomic E-state index is 0.802. The van der Waals surface area contributed by atoms with E-state index in [1.165, 1.54) is 65.3 Å². The van der Waals surface area contributed by atoms with Crippen molar-refractivity contribution in [3.63, 3.8) is 0 Å². The zero-order valence-electron chi connectivity index (χ0n) is 32.6. The van der Waals surface area contributed by atoms with E-state index in [0.29, 0.717) is 0 Å². The van der Waals surface area contributed by atoms with Gasteiger partial charge in [-0.25, -0.2) is 0 Å². The molecule has 0 unspecified atom stereocenters. The zero-order chi connectivity index (χ0) is 39.6. The number of hydrogen-bond acceptors (Lipinski definition) is 3. The monoisotopic (exact) mass is 764 g/mol. The summed E-state index contributed by atoms with van der Waals surface area (Å²) in [5, 5.41) is 10.8. The molecule has 0 atom stereocenters. The Labute approximate surface area is 347 Å². The van der Waals surface area contributed by atoms with E-state index in [4.69, 9.17) is 4.42 Å². The van der Waals surface area contributed by atoms with Crippen LogP contribution in [-0.2, 0) is 0 Å². The molecular formula is C57H36N2O. The quantitative estimate of drug-likeness (QED) is 0.169. The second-order valence-electron chi connectivity index (χ2n) is 15.7. The molecule has 10 aromatic carbocycles. The Morgan fingerprint density at radius 3 is 1.28 bits per heavy atom. The molecule has 0 bridgehead atoms. The van der Waals surface area contributed by atoms with E-state index in [1.54, 1.807) is 0 Å². The molecule has 0 saturated carbocycles. The third kappa shape index (κ3) is 5.95. The van der Waals surface area contributed by atoms with E-state index in [9.17, 15) is 0 Å². The maximum absolute atomic E-state index is 6.07. The average molecular weight is 765 g/mol. The normalized spacial score (nSPS) is 11.7. The summed E-state index contributed by atoms with van der Waals surface area (Å²) in [5.74, 6) is 0. The number of fused-ring (bicyclic) bond motifs is 7. The summed E-state index contributed by atoms with van der Waals surface area (Å²) in [7, 11) is 0. The fourth-order valence-electron chi connectivity index (χ4n) is 8.87. The van der Waals surface area contributed by atoms with Gasteiger partial charge >= 0.3 is 0 Å². The standard InChI is InChI=1S/C57H36N2O/c1-3-8-40-30-42(13-11-37(40)6-1)44-15-17-48-34-52(26-21-46(48)32-44)59(51-24-19-39(20-25-51)50-23-28-55-54(36-50)57-56(60-55)10-5-29-58-57)53-27-22-47-33-45(16-18-49(47)35-53)43-14-12-38-7-2-4-9-41(38)31-43/h1-36H. The summed E-state index contributed by atoms with van der Waals surface area (Å²) in [6, 6.07) is 76.9. The first-order valence-corrected chi connectivity index (χ1v) is 20.4. The maximum Gasteiger partial charge on any atom is 0.153 e. The summed E-state index contributed by atoms with van der Waals surface area (Å²) < 4.78 is 6.07. The van der Waals surface area contributed by atoms with Gasteiger partial charge in [-0.05, 0) is 161 Å². The van der Waals surface area contributed by atoms with Gasteiger partial charge in [-0.3, -0.25) is 4.98 Å². The molecule has 280 valence electrons. The van der Waals surface area contributed by atoms with Gasteiger partial charge in [-0.1, -0.05) is 127 Å². The van der Waals surface area contributed by atoms with Crippen molar-refractivity contribution in [2.24, 2.45) is 0 Å². The van der Waals surface area contributed by atoms with Crippen molar-refractivity contribution < 1.29 is 4.42 Å². The van der Waals surface area contributed by atoms with Gasteiger partial charge in [0.05, 0.1) is 0 Å². The van der Waals surface area contributed by atoms with Crippen molar-refractivity contribution in [1.29, 1.82) is 0 Å². The number of hydrogen-bond donors (Lipinski definition) is 0. The van der Waals surface area contributed by atoms with E-state index < -0.39 is 0 Å². The minimum Gasteiger partial charge on any atom is -0.454 e. The summed E-state index contributed by atoms with van der Waals surface area (Å²) in [5.41, 5.74) is 12.9. The van der Waals surface area contributed by atoms with E-state index in [2.05, 4.69) is 204 Å². The van der Waals surface area contributed by atoms with Crippen molar-refractivity contribution in [2.75, 3.05) is 4.90 Å². The second kappa shape index (κ2) is 13.8. The highest BCUT2D eigenvalue weighted by molar-refractivity contribution is 6.04. The Kier molecular flexibility index (Phi) is 7.85. The molecule has 0 aliphatic rings. The first kappa shape index (κ1) is 34.1. The molecule has 3 heteroatoms. The largest absolute Gasteiger partial charge is 0.454 e. The van der Waals surface area contributed by atoms with Crippen molar-refractivity contribution in [3.8, 4) is 33.4 Å². The van der Waals surface area contributed by atoms with Crippen LogP contribution in [0.3, 0.4) is 0 Å². The number of nitrogens with zero attached hydrogens (tertiary/aromatic N) is 2. The number of furan rings is 1. The molecule has 60 heavy (non-hydrogen) atoms. The van der Waals surface area contributed by atoms with Crippen LogP contribution in [0.2, 0.25) is 0 Å². The molecule has 0 N–H and O–H groups in total. The Bertz CT molecular complexity index is 3460. The molecule has 0 aliphatic carbocycles. The van der Waals surface area contributed by atoms with Gasteiger partial charge in [0.2, 0.25) is 0 Å². The van der Waals surface area contributed by atoms with Gasteiger partial charge in [0.1, 0.15) is 11.1 Å². The van der Waals surface area contributed by atoms with Gasteiger partial charge in [-0.15, -0.1) is 0 Å². The third-order valence-electron chi connectivity index (χ3n) is 12.0. The number of rotatable bonds is 6. The summed E-state index contributed by atoms with van der Waals surface area (Å²) in [4.78, 5) is 6.98. The van der Waals surface area contributed by atoms with Crippen LogP contribution in [0.4, 0.5) is 17.1 Å². The number of pyridine rings is 1. The zero-order valence-corrected chi connectivity index (χ0v) is 32.6. The molecule has 0 amide bonds. The van der Waals surface area contributed by atoms with Gasteiger partial charge in [0, 0.05) is 28.6 Å². The van der Waals surface area contributed by atoms with Gasteiger partial charge in [0.25, 0.3) is 0 Å². The topological polar surface area (TPSA) is 29.3 Å². The lowest BCUT2D eigenvalue weighted by Gasteiger charge is -2.26. The predicted octanol–water partition coefficient (Wildman–Crippen LogP) is 16.1. The summed E-state index contributed by atoms with van der Waals surface area (Å²) >= 11 is 0. The first-order chi connectivity index (χ1) is 29.7. The molecule has 0 aliphatic heterocycles. The third-order valence-corrected chi connectivity index (χ3v) is 12.0. The predicted molar refractivity (Wildman–Crippen MR) is 253 cm³/mol. The molecule has 12 rings (SSSR count). The first-order valence-electron chi connectivity index (χ1n) is 20.4. The van der Waals surface area contributed by atoms with Crippen LogP contribution in [0.1, 0.15) is 0 Å². The van der Waals surface area contributed by atoms with Crippen LogP contribution in [0.15, 0.2) is 223 Å². The van der Waals surface area contributed by atoms with E-state index in [0.717, 1.165) is 50.3 Å². The molecular weight excluding hydrogens is 729 g/mol. The van der Waals surface area contributed by atoms with E-state index in [-0.39, 0.29) is 0 Å². The molecule has 12 aromatic rings. The Balaban J connectivity index is 0.939. The molecule has 2 heterocycles. The van der Waals surface area contributed by atoms with Gasteiger partial charge < -0.3 is 9.32 Å². The molecule has 2 aromatic heterocycles. The van der Waals surface area contributed by atoms with Crippen LogP contribution in [0, 0.1) is 0 Å². The fourth-order valence-corrected chi connectivity index (χ4v) is 8.87. The maximum atomic E-state index is 6.07. The van der Waals surface area contributed by atoms with Gasteiger partial charge in [-0.2, -0.15) is 0 Å². The van der Waals surface area contributed by atoms with Crippen molar-refractivity contribution in [3.05, 3.63) is 219 Å². The Hall–Kier alpha value is -8.01. The van der Waals surface area contributed by atoms with Crippen molar-refractivity contribution >= 4 is 82.2 Å². The molecule has 0 radical (unpaired) electrons. The summed E-state index contributed by atoms with van der Waals surface area (Å²) in [6.45, 7) is 0. The second-order valence-corrected chi connectivity index (χ2v) is 15.7. The minimum atomic E-state index is 0.802. The van der Waals surface area contributed by atoms with Crippen LogP contribution in [0.25, 0.3) is 98.5 Å². The van der Waals surface area contributed by atoms with E-state index in [1.807, 2.05) is 24.4 Å². The fraction of sp³-hybridized carbons (Fsp3) is 0. The SMILES string of the molecule is c1ccc2cc(-c3ccc4cc(N(c5ccc(-c6ccc7oc8cccnc8c7c6)cc5)c5ccc6cc(-c7ccc8ccccc8c7)ccc6c5)ccc4c3)ccc2c1. The molecule has 0 saturated heterocycles.